The zero-order valence-corrected chi connectivity index (χ0v) is 13.6. The van der Waals surface area contributed by atoms with Crippen LogP contribution >= 0.6 is 0 Å². The van der Waals surface area contributed by atoms with E-state index in [1.165, 1.54) is 26.0 Å². The van der Waals surface area contributed by atoms with E-state index in [0.29, 0.717) is 10.9 Å². The van der Waals surface area contributed by atoms with Gasteiger partial charge in [0.15, 0.2) is 11.3 Å². The number of hydrogen-bond acceptors (Lipinski definition) is 6. The van der Waals surface area contributed by atoms with E-state index >= 15 is 0 Å². The van der Waals surface area contributed by atoms with Crippen molar-refractivity contribution >= 4 is 22.9 Å². The van der Waals surface area contributed by atoms with Gasteiger partial charge < -0.3 is 13.9 Å². The third kappa shape index (κ3) is 3.42. The Morgan fingerprint density at radius 3 is 2.24 bits per heavy atom. The molecule has 0 aliphatic rings. The Morgan fingerprint density at radius 1 is 0.920 bits per heavy atom. The number of benzene rings is 2. The first-order chi connectivity index (χ1) is 12.0. The van der Waals surface area contributed by atoms with Gasteiger partial charge in [0.25, 0.3) is 0 Å². The maximum atomic E-state index is 12.0. The van der Waals surface area contributed by atoms with E-state index in [9.17, 15) is 14.4 Å². The average molecular weight is 338 g/mol. The number of hydrogen-bond donors (Lipinski definition) is 0. The minimum absolute atomic E-state index is 0.00330. The Kier molecular flexibility index (Phi) is 4.35. The predicted octanol–water partition coefficient (Wildman–Crippen LogP) is 3.31. The molecule has 1 heterocycles. The van der Waals surface area contributed by atoms with Crippen LogP contribution in [0.4, 0.5) is 0 Å². The van der Waals surface area contributed by atoms with Gasteiger partial charge in [-0.25, -0.2) is 4.79 Å². The molecule has 0 N–H and O–H groups in total. The van der Waals surface area contributed by atoms with Crippen LogP contribution in [0.3, 0.4) is 0 Å². The Labute approximate surface area is 142 Å². The van der Waals surface area contributed by atoms with Gasteiger partial charge in [0.1, 0.15) is 0 Å². The molecule has 25 heavy (non-hydrogen) atoms. The van der Waals surface area contributed by atoms with Crippen LogP contribution in [0.25, 0.3) is 22.1 Å². The fourth-order valence-electron chi connectivity index (χ4n) is 2.52. The fraction of sp³-hybridized carbons (Fsp3) is 0.105. The van der Waals surface area contributed by atoms with E-state index in [1.807, 2.05) is 30.3 Å². The lowest BCUT2D eigenvalue weighted by atomic mass is 10.0. The topological polar surface area (TPSA) is 82.8 Å². The average Bonchev–Trinajstić information content (AvgIpc) is 2.56. The van der Waals surface area contributed by atoms with Crippen LogP contribution in [0.1, 0.15) is 13.8 Å². The van der Waals surface area contributed by atoms with Crippen molar-refractivity contribution in [1.29, 1.82) is 0 Å². The van der Waals surface area contributed by atoms with E-state index in [-0.39, 0.29) is 17.1 Å². The van der Waals surface area contributed by atoms with Crippen molar-refractivity contribution in [2.45, 2.75) is 13.8 Å². The predicted molar refractivity (Wildman–Crippen MR) is 90.5 cm³/mol. The van der Waals surface area contributed by atoms with Crippen LogP contribution in [0, 0.1) is 0 Å². The molecule has 0 amide bonds. The van der Waals surface area contributed by atoms with Crippen molar-refractivity contribution in [3.63, 3.8) is 0 Å². The lowest BCUT2D eigenvalue weighted by molar-refractivity contribution is -0.134. The van der Waals surface area contributed by atoms with Crippen molar-refractivity contribution in [2.24, 2.45) is 0 Å². The van der Waals surface area contributed by atoms with Crippen LogP contribution in [-0.4, -0.2) is 11.9 Å². The zero-order chi connectivity index (χ0) is 18.0. The van der Waals surface area contributed by atoms with Crippen molar-refractivity contribution in [1.82, 2.24) is 0 Å². The van der Waals surface area contributed by atoms with E-state index in [1.54, 1.807) is 6.07 Å². The van der Waals surface area contributed by atoms with Gasteiger partial charge in [0.2, 0.25) is 5.75 Å². The van der Waals surface area contributed by atoms with E-state index in [2.05, 4.69) is 0 Å². The molecule has 0 radical (unpaired) electrons. The van der Waals surface area contributed by atoms with Gasteiger partial charge in [-0.2, -0.15) is 0 Å². The molecule has 0 saturated carbocycles. The van der Waals surface area contributed by atoms with Gasteiger partial charge in [-0.3, -0.25) is 9.59 Å². The summed E-state index contributed by atoms with van der Waals surface area (Å²) in [5.41, 5.74) is 0.851. The second-order valence-corrected chi connectivity index (χ2v) is 5.30. The smallest absolute Gasteiger partial charge is 0.336 e. The monoisotopic (exact) mass is 338 g/mol. The third-order valence-corrected chi connectivity index (χ3v) is 3.42. The van der Waals surface area contributed by atoms with Gasteiger partial charge in [-0.15, -0.1) is 0 Å². The van der Waals surface area contributed by atoms with Crippen LogP contribution in [0.15, 0.2) is 57.7 Å². The molecule has 0 atom stereocenters. The highest BCUT2D eigenvalue weighted by Crippen LogP contribution is 2.39. The minimum Gasteiger partial charge on any atom is -0.423 e. The Balaban J connectivity index is 2.34. The Morgan fingerprint density at radius 2 is 1.60 bits per heavy atom. The summed E-state index contributed by atoms with van der Waals surface area (Å²) in [6.45, 7) is 2.42. The molecule has 0 fully saturated rings. The van der Waals surface area contributed by atoms with Crippen molar-refractivity contribution < 1.29 is 23.5 Å². The van der Waals surface area contributed by atoms with E-state index < -0.39 is 17.6 Å². The van der Waals surface area contributed by atoms with Crippen LogP contribution < -0.4 is 15.1 Å². The SMILES string of the molecule is CC(=O)Oc1ccc2c(-c3ccccc3)cc(=O)oc2c1OC(C)=O. The number of rotatable bonds is 3. The highest BCUT2D eigenvalue weighted by molar-refractivity contribution is 5.98. The molecule has 0 saturated heterocycles. The quantitative estimate of drug-likeness (QED) is 0.414. The molecule has 2 aromatic carbocycles. The van der Waals surface area contributed by atoms with Gasteiger partial charge in [-0.1, -0.05) is 30.3 Å². The molecule has 1 aromatic heterocycles. The van der Waals surface area contributed by atoms with Gasteiger partial charge in [-0.05, 0) is 23.3 Å². The van der Waals surface area contributed by atoms with E-state index in [4.69, 9.17) is 13.9 Å². The van der Waals surface area contributed by atoms with E-state index in [0.717, 1.165) is 5.56 Å². The third-order valence-electron chi connectivity index (χ3n) is 3.42. The fourth-order valence-corrected chi connectivity index (χ4v) is 2.52. The van der Waals surface area contributed by atoms with Crippen LogP contribution in [0.5, 0.6) is 11.5 Å². The first-order valence-electron chi connectivity index (χ1n) is 7.49. The normalized spacial score (nSPS) is 10.5. The summed E-state index contributed by atoms with van der Waals surface area (Å²) in [6, 6.07) is 13.7. The first kappa shape index (κ1) is 16.4. The Bertz CT molecular complexity index is 1020. The standard InChI is InChI=1S/C19H14O6/c1-11(20)23-16-9-8-14-15(13-6-4-3-5-7-13)10-17(22)25-18(14)19(16)24-12(2)21/h3-10H,1-2H3. The molecule has 0 spiro atoms. The molecule has 126 valence electrons. The summed E-state index contributed by atoms with van der Waals surface area (Å²) in [7, 11) is 0. The summed E-state index contributed by atoms with van der Waals surface area (Å²) in [4.78, 5) is 34.8. The molecular formula is C19H14O6. The maximum absolute atomic E-state index is 12.0. The second-order valence-electron chi connectivity index (χ2n) is 5.30. The van der Waals surface area contributed by atoms with Gasteiger partial charge >= 0.3 is 17.6 Å². The molecular weight excluding hydrogens is 324 g/mol. The zero-order valence-electron chi connectivity index (χ0n) is 13.6. The Hall–Kier alpha value is -3.41. The van der Waals surface area contributed by atoms with Crippen LogP contribution in [-0.2, 0) is 9.59 Å². The molecule has 6 heteroatoms. The van der Waals surface area contributed by atoms with Gasteiger partial charge in [0.05, 0.1) is 0 Å². The number of fused-ring (bicyclic) bond motifs is 1. The summed E-state index contributed by atoms with van der Waals surface area (Å²) in [5, 5.41) is 0.554. The molecule has 0 aliphatic heterocycles. The second kappa shape index (κ2) is 6.60. The minimum atomic E-state index is -0.631. The van der Waals surface area contributed by atoms with Gasteiger partial charge in [0, 0.05) is 25.3 Å². The lowest BCUT2D eigenvalue weighted by Crippen LogP contribution is -2.09. The van der Waals surface area contributed by atoms with Crippen LogP contribution in [0.2, 0.25) is 0 Å². The maximum Gasteiger partial charge on any atom is 0.336 e. The molecule has 3 rings (SSSR count). The molecule has 0 unspecified atom stereocenters. The molecule has 6 nitrogen and oxygen atoms in total. The highest BCUT2D eigenvalue weighted by atomic mass is 16.6. The first-order valence-corrected chi connectivity index (χ1v) is 7.49. The summed E-state index contributed by atoms with van der Waals surface area (Å²) < 4.78 is 15.5. The van der Waals surface area contributed by atoms with Crippen molar-refractivity contribution in [2.75, 3.05) is 0 Å². The lowest BCUT2D eigenvalue weighted by Gasteiger charge is -2.12. The summed E-state index contributed by atoms with van der Waals surface area (Å²) in [5.74, 6) is -1.32. The number of esters is 2. The number of ether oxygens (including phenoxy) is 2. The largest absolute Gasteiger partial charge is 0.423 e. The summed E-state index contributed by atoms with van der Waals surface area (Å²) >= 11 is 0. The number of carbonyl (C=O) groups excluding carboxylic acids is 2. The molecule has 0 aliphatic carbocycles. The molecule has 0 bridgehead atoms. The summed E-state index contributed by atoms with van der Waals surface area (Å²) in [6.07, 6.45) is 0. The highest BCUT2D eigenvalue weighted by Gasteiger charge is 2.19. The number of carbonyl (C=O) groups is 2. The van der Waals surface area contributed by atoms with Crippen molar-refractivity contribution in [3.8, 4) is 22.6 Å². The molecule has 3 aromatic rings. The van der Waals surface area contributed by atoms with Crippen molar-refractivity contribution in [3.05, 3.63) is 59.0 Å².